The SMILES string of the molecule is Cc1ccc(C(=O)N2CCC(c3ccc(C#N)cc3)CC2)cc1NC(=O)NC1CCC(C(=O)O)CC1. The number of hydrogen-bond donors (Lipinski definition) is 3. The van der Waals surface area contributed by atoms with Crippen LogP contribution >= 0.6 is 0 Å². The number of carbonyl (C=O) groups excluding carboxylic acids is 2. The Bertz CT molecular complexity index is 1160. The van der Waals surface area contributed by atoms with E-state index >= 15 is 0 Å². The van der Waals surface area contributed by atoms with Gasteiger partial charge in [-0.15, -0.1) is 0 Å². The third-order valence-corrected chi connectivity index (χ3v) is 7.44. The van der Waals surface area contributed by atoms with Crippen LogP contribution in [0.1, 0.15) is 71.5 Å². The van der Waals surface area contributed by atoms with Crippen LogP contribution in [0.5, 0.6) is 0 Å². The summed E-state index contributed by atoms with van der Waals surface area (Å²) in [6, 6.07) is 14.8. The Hall–Kier alpha value is -3.86. The smallest absolute Gasteiger partial charge is 0.319 e. The van der Waals surface area contributed by atoms with Crippen molar-refractivity contribution in [2.24, 2.45) is 5.92 Å². The van der Waals surface area contributed by atoms with E-state index in [0.717, 1.165) is 18.4 Å². The van der Waals surface area contributed by atoms with Crippen LogP contribution in [0, 0.1) is 24.2 Å². The number of nitrogens with one attached hydrogen (secondary N) is 2. The number of nitriles is 1. The molecule has 0 bridgehead atoms. The maximum Gasteiger partial charge on any atom is 0.319 e. The predicted octanol–water partition coefficient (Wildman–Crippen LogP) is 4.65. The van der Waals surface area contributed by atoms with Gasteiger partial charge in [-0.25, -0.2) is 4.79 Å². The standard InChI is InChI=1S/C28H32N4O4/c1-18-2-5-23(16-25(18)31-28(36)30-24-10-8-22(9-11-24)27(34)35)26(33)32-14-12-21(13-15-32)20-6-3-19(17-29)4-7-20/h2-7,16,21-22,24H,8-15H2,1H3,(H,34,35)(H2,30,31,36). The molecule has 3 N–H and O–H groups in total. The lowest BCUT2D eigenvalue weighted by molar-refractivity contribution is -0.142. The van der Waals surface area contributed by atoms with Gasteiger partial charge in [0.15, 0.2) is 0 Å². The summed E-state index contributed by atoms with van der Waals surface area (Å²) in [5.74, 6) is -0.784. The quantitative estimate of drug-likeness (QED) is 0.565. The van der Waals surface area contributed by atoms with Crippen LogP contribution < -0.4 is 10.6 Å². The summed E-state index contributed by atoms with van der Waals surface area (Å²) in [6.45, 7) is 3.18. The molecule has 8 nitrogen and oxygen atoms in total. The van der Waals surface area contributed by atoms with Crippen LogP contribution in [0.15, 0.2) is 42.5 Å². The molecule has 0 radical (unpaired) electrons. The van der Waals surface area contributed by atoms with Gasteiger partial charge in [-0.1, -0.05) is 18.2 Å². The lowest BCUT2D eigenvalue weighted by Gasteiger charge is -2.32. The number of anilines is 1. The summed E-state index contributed by atoms with van der Waals surface area (Å²) in [5.41, 5.74) is 3.83. The number of likely N-dealkylation sites (tertiary alicyclic amines) is 1. The van der Waals surface area contributed by atoms with Gasteiger partial charge in [-0.2, -0.15) is 5.26 Å². The van der Waals surface area contributed by atoms with Crippen molar-refractivity contribution >= 4 is 23.6 Å². The topological polar surface area (TPSA) is 123 Å². The average molecular weight is 489 g/mol. The highest BCUT2D eigenvalue weighted by Gasteiger charge is 2.27. The van der Waals surface area contributed by atoms with E-state index in [1.165, 1.54) is 5.56 Å². The van der Waals surface area contributed by atoms with Crippen molar-refractivity contribution < 1.29 is 19.5 Å². The molecule has 2 fully saturated rings. The van der Waals surface area contributed by atoms with Crippen molar-refractivity contribution in [2.45, 2.75) is 57.4 Å². The molecule has 1 saturated carbocycles. The number of carboxylic acid groups (broad SMARTS) is 1. The highest BCUT2D eigenvalue weighted by atomic mass is 16.4. The molecule has 1 aliphatic carbocycles. The second kappa shape index (κ2) is 11.3. The number of hydrogen-bond acceptors (Lipinski definition) is 4. The summed E-state index contributed by atoms with van der Waals surface area (Å²) in [5, 5.41) is 23.9. The molecule has 2 aromatic carbocycles. The first-order chi connectivity index (χ1) is 17.3. The number of urea groups is 1. The Balaban J connectivity index is 1.32. The van der Waals surface area contributed by atoms with Gasteiger partial charge in [0, 0.05) is 30.4 Å². The minimum atomic E-state index is -0.770. The number of rotatable bonds is 5. The van der Waals surface area contributed by atoms with Gasteiger partial charge in [0.05, 0.1) is 17.6 Å². The molecule has 1 heterocycles. The Kier molecular flexibility index (Phi) is 7.89. The maximum atomic E-state index is 13.2. The fourth-order valence-electron chi connectivity index (χ4n) is 5.15. The average Bonchev–Trinajstić information content (AvgIpc) is 2.90. The number of aliphatic carboxylic acids is 1. The van der Waals surface area contributed by atoms with Crippen LogP contribution in [-0.4, -0.2) is 47.0 Å². The second-order valence-corrected chi connectivity index (χ2v) is 9.82. The number of piperidine rings is 1. The van der Waals surface area contributed by atoms with Gasteiger partial charge in [0.1, 0.15) is 0 Å². The van der Waals surface area contributed by atoms with Crippen molar-refractivity contribution in [3.63, 3.8) is 0 Å². The lowest BCUT2D eigenvalue weighted by Crippen LogP contribution is -2.41. The molecule has 4 rings (SSSR count). The normalized spacial score (nSPS) is 20.3. The number of carbonyl (C=O) groups is 3. The van der Waals surface area contributed by atoms with Crippen LogP contribution in [-0.2, 0) is 4.79 Å². The van der Waals surface area contributed by atoms with Gasteiger partial charge in [0.25, 0.3) is 5.91 Å². The van der Waals surface area contributed by atoms with Crippen LogP contribution in [0.3, 0.4) is 0 Å². The molecule has 188 valence electrons. The van der Waals surface area contributed by atoms with Gasteiger partial charge in [0.2, 0.25) is 0 Å². The summed E-state index contributed by atoms with van der Waals surface area (Å²) in [7, 11) is 0. The third kappa shape index (κ3) is 6.03. The Morgan fingerprint density at radius 1 is 0.972 bits per heavy atom. The number of aryl methyl sites for hydroxylation is 1. The summed E-state index contributed by atoms with van der Waals surface area (Å²) >= 11 is 0. The number of amides is 3. The molecule has 2 aliphatic rings. The fourth-order valence-corrected chi connectivity index (χ4v) is 5.15. The van der Waals surface area contributed by atoms with Crippen molar-refractivity contribution in [3.05, 3.63) is 64.7 Å². The van der Waals surface area contributed by atoms with Crippen LogP contribution in [0.4, 0.5) is 10.5 Å². The molecule has 0 unspecified atom stereocenters. The van der Waals surface area contributed by atoms with E-state index in [9.17, 15) is 14.4 Å². The lowest BCUT2D eigenvalue weighted by atomic mass is 9.86. The first kappa shape index (κ1) is 25.2. The zero-order chi connectivity index (χ0) is 25.7. The van der Waals surface area contributed by atoms with Crippen LogP contribution in [0.25, 0.3) is 0 Å². The molecular formula is C28H32N4O4. The minimum absolute atomic E-state index is 0.0521. The highest BCUT2D eigenvalue weighted by molar-refractivity contribution is 5.97. The molecule has 36 heavy (non-hydrogen) atoms. The van der Waals surface area contributed by atoms with Gasteiger partial charge in [-0.3, -0.25) is 9.59 Å². The minimum Gasteiger partial charge on any atom is -0.481 e. The van der Waals surface area contributed by atoms with Gasteiger partial charge >= 0.3 is 12.0 Å². The Morgan fingerprint density at radius 3 is 2.25 bits per heavy atom. The molecule has 3 amide bonds. The first-order valence-corrected chi connectivity index (χ1v) is 12.5. The van der Waals surface area contributed by atoms with E-state index in [1.54, 1.807) is 12.1 Å². The highest BCUT2D eigenvalue weighted by Crippen LogP contribution is 2.29. The van der Waals surface area contributed by atoms with E-state index < -0.39 is 5.97 Å². The maximum absolute atomic E-state index is 13.2. The van der Waals surface area contributed by atoms with E-state index in [4.69, 9.17) is 10.4 Å². The number of benzene rings is 2. The first-order valence-electron chi connectivity index (χ1n) is 12.5. The van der Waals surface area contributed by atoms with Crippen molar-refractivity contribution in [1.29, 1.82) is 5.26 Å². The van der Waals surface area contributed by atoms with Gasteiger partial charge in [-0.05, 0) is 86.8 Å². The molecule has 1 saturated heterocycles. The number of nitrogens with zero attached hydrogens (tertiary/aromatic N) is 2. The zero-order valence-electron chi connectivity index (χ0n) is 20.5. The van der Waals surface area contributed by atoms with Crippen molar-refractivity contribution in [1.82, 2.24) is 10.2 Å². The Labute approximate surface area is 211 Å². The molecule has 8 heteroatoms. The molecule has 1 aliphatic heterocycles. The molecular weight excluding hydrogens is 456 g/mol. The zero-order valence-corrected chi connectivity index (χ0v) is 20.5. The molecule has 0 aromatic heterocycles. The summed E-state index contributed by atoms with van der Waals surface area (Å²) < 4.78 is 0. The third-order valence-electron chi connectivity index (χ3n) is 7.44. The largest absolute Gasteiger partial charge is 0.481 e. The van der Waals surface area contributed by atoms with E-state index in [2.05, 4.69) is 16.7 Å². The second-order valence-electron chi connectivity index (χ2n) is 9.82. The summed E-state index contributed by atoms with van der Waals surface area (Å²) in [6.07, 6.45) is 4.12. The summed E-state index contributed by atoms with van der Waals surface area (Å²) in [4.78, 5) is 38.8. The predicted molar refractivity (Wildman–Crippen MR) is 136 cm³/mol. The van der Waals surface area contributed by atoms with Gasteiger partial charge < -0.3 is 20.6 Å². The Morgan fingerprint density at radius 2 is 1.64 bits per heavy atom. The van der Waals surface area contributed by atoms with Crippen LogP contribution in [0.2, 0.25) is 0 Å². The van der Waals surface area contributed by atoms with Crippen molar-refractivity contribution in [2.75, 3.05) is 18.4 Å². The van der Waals surface area contributed by atoms with E-state index in [-0.39, 0.29) is 23.9 Å². The number of carboxylic acids is 1. The molecule has 0 atom stereocenters. The monoisotopic (exact) mass is 488 g/mol. The molecule has 0 spiro atoms. The van der Waals surface area contributed by atoms with E-state index in [1.807, 2.05) is 42.2 Å². The van der Waals surface area contributed by atoms with E-state index in [0.29, 0.717) is 61.5 Å². The van der Waals surface area contributed by atoms with Crippen molar-refractivity contribution in [3.8, 4) is 6.07 Å². The molecule has 2 aromatic rings. The fraction of sp³-hybridized carbons (Fsp3) is 0.429.